The highest BCUT2D eigenvalue weighted by Crippen LogP contribution is 2.30. The number of ether oxygens (including phenoxy) is 3. The maximum atomic E-state index is 12.2. The molecule has 134 valence electrons. The molecule has 5 nitrogen and oxygen atoms in total. The predicted molar refractivity (Wildman–Crippen MR) is 98.1 cm³/mol. The van der Waals surface area contributed by atoms with E-state index in [1.165, 1.54) is 0 Å². The molecule has 1 atom stereocenters. The standard InChI is InChI=1S/C18H19Cl2NO4/c1-11(14-9-13(23-2)5-7-16(14)24-3)21-18(22)10-25-17-8-12(19)4-6-15(17)20/h4-9,11H,10H2,1-3H3,(H,21,22). The van der Waals surface area contributed by atoms with E-state index in [0.717, 1.165) is 5.56 Å². The van der Waals surface area contributed by atoms with Crippen LogP contribution in [0.5, 0.6) is 17.2 Å². The number of methoxy groups -OCH3 is 2. The number of hydrogen-bond donors (Lipinski definition) is 1. The Morgan fingerprint density at radius 2 is 1.84 bits per heavy atom. The van der Waals surface area contributed by atoms with E-state index in [2.05, 4.69) is 5.32 Å². The van der Waals surface area contributed by atoms with Gasteiger partial charge in [-0.2, -0.15) is 0 Å². The largest absolute Gasteiger partial charge is 0.497 e. The average Bonchev–Trinajstić information content (AvgIpc) is 2.61. The summed E-state index contributed by atoms with van der Waals surface area (Å²) in [5.74, 6) is 1.40. The van der Waals surface area contributed by atoms with E-state index in [1.807, 2.05) is 13.0 Å². The summed E-state index contributed by atoms with van der Waals surface area (Å²) in [6.45, 7) is 1.66. The van der Waals surface area contributed by atoms with Crippen molar-refractivity contribution in [3.63, 3.8) is 0 Å². The number of rotatable bonds is 7. The van der Waals surface area contributed by atoms with Gasteiger partial charge >= 0.3 is 0 Å². The summed E-state index contributed by atoms with van der Waals surface area (Å²) >= 11 is 11.9. The fourth-order valence-corrected chi connectivity index (χ4v) is 2.60. The molecule has 2 aromatic carbocycles. The molecule has 0 fully saturated rings. The highest BCUT2D eigenvalue weighted by atomic mass is 35.5. The molecule has 2 aromatic rings. The first-order valence-electron chi connectivity index (χ1n) is 7.53. The summed E-state index contributed by atoms with van der Waals surface area (Å²) in [6, 6.07) is 9.93. The van der Waals surface area contributed by atoms with Gasteiger partial charge < -0.3 is 19.5 Å². The van der Waals surface area contributed by atoms with Crippen LogP contribution in [0.15, 0.2) is 36.4 Å². The van der Waals surface area contributed by atoms with Crippen molar-refractivity contribution in [3.05, 3.63) is 52.0 Å². The molecule has 25 heavy (non-hydrogen) atoms. The van der Waals surface area contributed by atoms with E-state index < -0.39 is 0 Å². The van der Waals surface area contributed by atoms with Gasteiger partial charge in [0.15, 0.2) is 6.61 Å². The van der Waals surface area contributed by atoms with Crippen LogP contribution in [0.2, 0.25) is 10.0 Å². The predicted octanol–water partition coefficient (Wildman–Crippen LogP) is 4.27. The van der Waals surface area contributed by atoms with E-state index in [9.17, 15) is 4.79 Å². The molecule has 1 N–H and O–H groups in total. The Labute approximate surface area is 156 Å². The van der Waals surface area contributed by atoms with Gasteiger partial charge in [0.25, 0.3) is 5.91 Å². The highest BCUT2D eigenvalue weighted by molar-refractivity contribution is 6.34. The second-order valence-electron chi connectivity index (χ2n) is 5.26. The van der Waals surface area contributed by atoms with Gasteiger partial charge in [0.1, 0.15) is 17.2 Å². The quantitative estimate of drug-likeness (QED) is 0.775. The fourth-order valence-electron chi connectivity index (χ4n) is 2.27. The molecule has 0 saturated heterocycles. The van der Waals surface area contributed by atoms with Crippen LogP contribution in [0.3, 0.4) is 0 Å². The molecular formula is C18H19Cl2NO4. The number of carbonyl (C=O) groups excluding carboxylic acids is 1. The van der Waals surface area contributed by atoms with Crippen molar-refractivity contribution in [2.75, 3.05) is 20.8 Å². The molecule has 0 radical (unpaired) electrons. The first-order valence-corrected chi connectivity index (χ1v) is 8.29. The number of nitrogens with one attached hydrogen (secondary N) is 1. The minimum Gasteiger partial charge on any atom is -0.497 e. The Bertz CT molecular complexity index is 752. The van der Waals surface area contributed by atoms with E-state index >= 15 is 0 Å². The second kappa shape index (κ2) is 8.83. The Kier molecular flexibility index (Phi) is 6.79. The molecule has 0 aliphatic heterocycles. The Hall–Kier alpha value is -2.11. The maximum Gasteiger partial charge on any atom is 0.258 e. The van der Waals surface area contributed by atoms with Crippen molar-refractivity contribution in [1.82, 2.24) is 5.32 Å². The number of halogens is 2. The molecule has 0 spiro atoms. The topological polar surface area (TPSA) is 56.8 Å². The Balaban J connectivity index is 2.01. The van der Waals surface area contributed by atoms with Crippen molar-refractivity contribution < 1.29 is 19.0 Å². The normalized spacial score (nSPS) is 11.6. The second-order valence-corrected chi connectivity index (χ2v) is 6.10. The summed E-state index contributed by atoms with van der Waals surface area (Å²) in [7, 11) is 3.15. The minimum absolute atomic E-state index is 0.184. The number of hydrogen-bond acceptors (Lipinski definition) is 4. The van der Waals surface area contributed by atoms with Crippen LogP contribution in [0.25, 0.3) is 0 Å². The van der Waals surface area contributed by atoms with E-state index in [4.69, 9.17) is 37.4 Å². The van der Waals surface area contributed by atoms with Crippen LogP contribution in [0, 0.1) is 0 Å². The lowest BCUT2D eigenvalue weighted by atomic mass is 10.1. The number of benzene rings is 2. The molecule has 0 bridgehead atoms. The van der Waals surface area contributed by atoms with Crippen molar-refractivity contribution in [1.29, 1.82) is 0 Å². The zero-order valence-corrected chi connectivity index (χ0v) is 15.6. The van der Waals surface area contributed by atoms with Gasteiger partial charge in [-0.05, 0) is 37.3 Å². The lowest BCUT2D eigenvalue weighted by Crippen LogP contribution is -2.31. The Morgan fingerprint density at radius 1 is 1.08 bits per heavy atom. The highest BCUT2D eigenvalue weighted by Gasteiger charge is 2.16. The summed E-state index contributed by atoms with van der Waals surface area (Å²) in [5.41, 5.74) is 0.802. The van der Waals surface area contributed by atoms with Crippen molar-refractivity contribution in [2.45, 2.75) is 13.0 Å². The van der Waals surface area contributed by atoms with Gasteiger partial charge in [0.05, 0.1) is 25.3 Å². The van der Waals surface area contributed by atoms with E-state index in [1.54, 1.807) is 44.6 Å². The molecule has 2 rings (SSSR count). The van der Waals surface area contributed by atoms with Gasteiger partial charge in [-0.25, -0.2) is 0 Å². The summed E-state index contributed by atoms with van der Waals surface area (Å²) < 4.78 is 16.0. The van der Waals surface area contributed by atoms with E-state index in [0.29, 0.717) is 27.3 Å². The Morgan fingerprint density at radius 3 is 2.52 bits per heavy atom. The molecule has 1 amide bonds. The van der Waals surface area contributed by atoms with Crippen LogP contribution < -0.4 is 19.5 Å². The summed E-state index contributed by atoms with van der Waals surface area (Å²) in [5, 5.41) is 3.72. The van der Waals surface area contributed by atoms with Crippen LogP contribution in [0.4, 0.5) is 0 Å². The van der Waals surface area contributed by atoms with Gasteiger partial charge in [-0.15, -0.1) is 0 Å². The third-order valence-electron chi connectivity index (χ3n) is 3.53. The van der Waals surface area contributed by atoms with Gasteiger partial charge in [0, 0.05) is 16.7 Å². The zero-order chi connectivity index (χ0) is 18.4. The third kappa shape index (κ3) is 5.18. The van der Waals surface area contributed by atoms with E-state index in [-0.39, 0.29) is 18.6 Å². The van der Waals surface area contributed by atoms with Crippen LogP contribution in [-0.2, 0) is 4.79 Å². The van der Waals surface area contributed by atoms with Crippen LogP contribution in [-0.4, -0.2) is 26.7 Å². The lowest BCUT2D eigenvalue weighted by Gasteiger charge is -2.18. The molecule has 0 saturated carbocycles. The van der Waals surface area contributed by atoms with Crippen molar-refractivity contribution in [2.24, 2.45) is 0 Å². The summed E-state index contributed by atoms with van der Waals surface area (Å²) in [4.78, 5) is 12.2. The SMILES string of the molecule is COc1ccc(OC)c(C(C)NC(=O)COc2cc(Cl)ccc2Cl)c1. The molecule has 1 unspecified atom stereocenters. The average molecular weight is 384 g/mol. The molecule has 0 aliphatic rings. The molecule has 0 aromatic heterocycles. The van der Waals surface area contributed by atoms with Crippen molar-refractivity contribution in [3.8, 4) is 17.2 Å². The molecule has 0 aliphatic carbocycles. The zero-order valence-electron chi connectivity index (χ0n) is 14.1. The number of amides is 1. The van der Waals surface area contributed by atoms with Crippen molar-refractivity contribution >= 4 is 29.1 Å². The van der Waals surface area contributed by atoms with Crippen LogP contribution >= 0.6 is 23.2 Å². The fraction of sp³-hybridized carbons (Fsp3) is 0.278. The smallest absolute Gasteiger partial charge is 0.258 e. The monoisotopic (exact) mass is 383 g/mol. The molecule has 7 heteroatoms. The van der Waals surface area contributed by atoms with Gasteiger partial charge in [0.2, 0.25) is 0 Å². The molecular weight excluding hydrogens is 365 g/mol. The first kappa shape index (κ1) is 19.2. The number of carbonyl (C=O) groups is 1. The minimum atomic E-state index is -0.298. The maximum absolute atomic E-state index is 12.2. The molecule has 0 heterocycles. The van der Waals surface area contributed by atoms with Crippen LogP contribution in [0.1, 0.15) is 18.5 Å². The first-order chi connectivity index (χ1) is 11.9. The summed E-state index contributed by atoms with van der Waals surface area (Å²) in [6.07, 6.45) is 0. The van der Waals surface area contributed by atoms with Gasteiger partial charge in [-0.3, -0.25) is 4.79 Å². The lowest BCUT2D eigenvalue weighted by molar-refractivity contribution is -0.123. The van der Waals surface area contributed by atoms with Gasteiger partial charge in [-0.1, -0.05) is 23.2 Å². The third-order valence-corrected chi connectivity index (χ3v) is 4.08.